The van der Waals surface area contributed by atoms with Crippen molar-refractivity contribution in [3.8, 4) is 0 Å². The second-order valence-corrected chi connectivity index (χ2v) is 7.78. The summed E-state index contributed by atoms with van der Waals surface area (Å²) < 4.78 is 10.6. The van der Waals surface area contributed by atoms with E-state index in [1.165, 1.54) is 12.1 Å². The number of nitrogen functional groups attached to an aromatic ring is 1. The average Bonchev–Trinajstić information content (AvgIpc) is 2.43. The second-order valence-electron chi connectivity index (χ2n) is 7.78. The fourth-order valence-corrected chi connectivity index (χ4v) is 1.69. The number of carboxylic acids is 1. The Kier molecular flexibility index (Phi) is 8.65. The van der Waals surface area contributed by atoms with Crippen LogP contribution in [0.4, 0.5) is 15.3 Å². The van der Waals surface area contributed by atoms with Crippen molar-refractivity contribution in [3.05, 3.63) is 29.8 Å². The molecule has 28 heavy (non-hydrogen) atoms. The van der Waals surface area contributed by atoms with E-state index in [9.17, 15) is 9.59 Å². The van der Waals surface area contributed by atoms with Crippen LogP contribution in [0.3, 0.4) is 0 Å². The predicted octanol–water partition coefficient (Wildman–Crippen LogP) is 3.74. The van der Waals surface area contributed by atoms with Crippen molar-refractivity contribution in [1.29, 1.82) is 5.41 Å². The molecule has 9 nitrogen and oxygen atoms in total. The molecule has 0 saturated heterocycles. The molecule has 0 radical (unpaired) electrons. The maximum Gasteiger partial charge on any atom is 0.424 e. The van der Waals surface area contributed by atoms with Gasteiger partial charge in [-0.25, -0.2) is 9.59 Å². The molecule has 0 aliphatic heterocycles. The minimum atomic E-state index is -0.840. The molecule has 156 valence electrons. The summed E-state index contributed by atoms with van der Waals surface area (Å²) >= 11 is 0. The number of benzene rings is 1. The topological polar surface area (TPSA) is 143 Å². The molecule has 0 fully saturated rings. The zero-order valence-electron chi connectivity index (χ0n) is 17.3. The number of hydrogen-bond donors (Lipinski definition) is 3. The van der Waals surface area contributed by atoms with Crippen molar-refractivity contribution in [1.82, 2.24) is 0 Å². The summed E-state index contributed by atoms with van der Waals surface area (Å²) in [5.74, 6) is -0.942. The van der Waals surface area contributed by atoms with Crippen molar-refractivity contribution in [2.24, 2.45) is 5.73 Å². The molecule has 4 N–H and O–H groups in total. The van der Waals surface area contributed by atoms with E-state index in [2.05, 4.69) is 0 Å². The van der Waals surface area contributed by atoms with Gasteiger partial charge in [-0.05, 0) is 65.8 Å². The van der Waals surface area contributed by atoms with Gasteiger partial charge in [0.05, 0.1) is 5.69 Å². The van der Waals surface area contributed by atoms with Crippen LogP contribution in [0.15, 0.2) is 24.3 Å². The van der Waals surface area contributed by atoms with Crippen molar-refractivity contribution in [2.75, 3.05) is 4.90 Å². The van der Waals surface area contributed by atoms with Crippen LogP contribution in [0.1, 0.15) is 54.0 Å². The number of imide groups is 1. The van der Waals surface area contributed by atoms with E-state index in [-0.39, 0.29) is 11.5 Å². The van der Waals surface area contributed by atoms with Gasteiger partial charge in [-0.15, -0.1) is 0 Å². The van der Waals surface area contributed by atoms with Gasteiger partial charge in [-0.2, -0.15) is 4.90 Å². The molecule has 0 aromatic heterocycles. The highest BCUT2D eigenvalue weighted by molar-refractivity contribution is 6.09. The fourth-order valence-electron chi connectivity index (χ4n) is 1.69. The lowest BCUT2D eigenvalue weighted by molar-refractivity contribution is -0.134. The van der Waals surface area contributed by atoms with E-state index in [4.69, 9.17) is 30.5 Å². The van der Waals surface area contributed by atoms with Crippen LogP contribution in [0, 0.1) is 5.41 Å². The number of anilines is 1. The first-order valence-electron chi connectivity index (χ1n) is 8.43. The summed E-state index contributed by atoms with van der Waals surface area (Å²) in [5, 5.41) is 14.8. The highest BCUT2D eigenvalue weighted by Gasteiger charge is 2.32. The number of nitrogens with two attached hydrogens (primary N) is 1. The van der Waals surface area contributed by atoms with E-state index in [1.807, 2.05) is 0 Å². The Labute approximate surface area is 164 Å². The SMILES string of the molecule is CC(=O)O.CC(C)(C)OC(=O)N(C(=O)OC(C)(C)C)c1ccc(C(=N)N)cc1. The van der Waals surface area contributed by atoms with E-state index < -0.39 is 29.4 Å². The first kappa shape index (κ1) is 24.9. The predicted molar refractivity (Wildman–Crippen MR) is 106 cm³/mol. The van der Waals surface area contributed by atoms with Crippen LogP contribution in [-0.4, -0.2) is 40.3 Å². The Balaban J connectivity index is 0.00000165. The molecule has 0 spiro atoms. The molecule has 0 bridgehead atoms. The third-order valence-electron chi connectivity index (χ3n) is 2.59. The number of carbonyl (C=O) groups is 3. The average molecular weight is 395 g/mol. The largest absolute Gasteiger partial charge is 0.481 e. The number of amidine groups is 1. The van der Waals surface area contributed by atoms with Crippen LogP contribution < -0.4 is 10.6 Å². The monoisotopic (exact) mass is 395 g/mol. The van der Waals surface area contributed by atoms with Gasteiger partial charge in [-0.1, -0.05) is 0 Å². The Morgan fingerprint density at radius 2 is 1.25 bits per heavy atom. The summed E-state index contributed by atoms with van der Waals surface area (Å²) in [6, 6.07) is 6.09. The lowest BCUT2D eigenvalue weighted by Gasteiger charge is -2.28. The lowest BCUT2D eigenvalue weighted by Crippen LogP contribution is -2.43. The van der Waals surface area contributed by atoms with Gasteiger partial charge in [0.25, 0.3) is 5.97 Å². The molecule has 0 unspecified atom stereocenters. The number of amides is 2. The molecule has 9 heteroatoms. The van der Waals surface area contributed by atoms with Crippen molar-refractivity contribution >= 4 is 29.7 Å². The van der Waals surface area contributed by atoms with Crippen LogP contribution >= 0.6 is 0 Å². The third-order valence-corrected chi connectivity index (χ3v) is 2.59. The number of carbonyl (C=O) groups excluding carboxylic acids is 2. The molecule has 0 heterocycles. The van der Waals surface area contributed by atoms with Gasteiger partial charge in [0.1, 0.15) is 17.0 Å². The number of ether oxygens (including phenoxy) is 2. The Morgan fingerprint density at radius 1 is 0.929 bits per heavy atom. The quantitative estimate of drug-likeness (QED) is 0.511. The first-order valence-corrected chi connectivity index (χ1v) is 8.43. The molecule has 0 saturated carbocycles. The van der Waals surface area contributed by atoms with E-state index in [0.717, 1.165) is 11.8 Å². The molecular formula is C19H29N3O6. The van der Waals surface area contributed by atoms with Crippen molar-refractivity contribution in [2.45, 2.75) is 59.7 Å². The first-order chi connectivity index (χ1) is 12.5. The highest BCUT2D eigenvalue weighted by atomic mass is 16.6. The maximum atomic E-state index is 12.4. The van der Waals surface area contributed by atoms with Gasteiger partial charge >= 0.3 is 12.2 Å². The Morgan fingerprint density at radius 3 is 1.50 bits per heavy atom. The number of rotatable bonds is 2. The molecule has 1 rings (SSSR count). The molecular weight excluding hydrogens is 366 g/mol. The molecule has 0 aliphatic rings. The number of hydrogen-bond acceptors (Lipinski definition) is 6. The number of nitrogens with zero attached hydrogens (tertiary/aromatic N) is 1. The Hall–Kier alpha value is -3.10. The van der Waals surface area contributed by atoms with Gasteiger partial charge in [0.15, 0.2) is 0 Å². The molecule has 0 aliphatic carbocycles. The van der Waals surface area contributed by atoms with Gasteiger partial charge in [0, 0.05) is 12.5 Å². The lowest BCUT2D eigenvalue weighted by atomic mass is 10.2. The summed E-state index contributed by atoms with van der Waals surface area (Å²) in [6.45, 7) is 11.3. The number of aliphatic carboxylic acids is 1. The van der Waals surface area contributed by atoms with Gasteiger partial charge in [-0.3, -0.25) is 10.2 Å². The van der Waals surface area contributed by atoms with Crippen LogP contribution in [0.5, 0.6) is 0 Å². The normalized spacial score (nSPS) is 10.8. The summed E-state index contributed by atoms with van der Waals surface area (Å²) in [7, 11) is 0. The Bertz CT molecular complexity index is 683. The van der Waals surface area contributed by atoms with Crippen LogP contribution in [-0.2, 0) is 14.3 Å². The minimum Gasteiger partial charge on any atom is -0.481 e. The van der Waals surface area contributed by atoms with E-state index in [0.29, 0.717) is 5.56 Å². The highest BCUT2D eigenvalue weighted by Crippen LogP contribution is 2.22. The zero-order valence-corrected chi connectivity index (χ0v) is 17.3. The minimum absolute atomic E-state index is 0.109. The molecule has 1 aromatic rings. The van der Waals surface area contributed by atoms with E-state index in [1.54, 1.807) is 53.7 Å². The van der Waals surface area contributed by atoms with Crippen LogP contribution in [0.25, 0.3) is 0 Å². The van der Waals surface area contributed by atoms with Gasteiger partial charge in [0.2, 0.25) is 0 Å². The fraction of sp³-hybridized carbons (Fsp3) is 0.474. The van der Waals surface area contributed by atoms with Crippen molar-refractivity contribution < 1.29 is 29.0 Å². The number of carboxylic acid groups (broad SMARTS) is 1. The maximum absolute atomic E-state index is 12.4. The second kappa shape index (κ2) is 9.72. The molecule has 1 aromatic carbocycles. The standard InChI is InChI=1S/C17H25N3O4.C2H4O2/c1-16(2,3)23-14(21)20(15(22)24-17(4,5)6)12-9-7-11(8-10-12)13(18)19;1-2(3)4/h7-10H,1-6H3,(H3,18,19);1H3,(H,3,4). The molecule has 0 atom stereocenters. The number of nitrogens with one attached hydrogen (secondary N) is 1. The van der Waals surface area contributed by atoms with Crippen molar-refractivity contribution in [3.63, 3.8) is 0 Å². The van der Waals surface area contributed by atoms with E-state index >= 15 is 0 Å². The van der Waals surface area contributed by atoms with Crippen LogP contribution in [0.2, 0.25) is 0 Å². The molecule has 2 amide bonds. The smallest absolute Gasteiger partial charge is 0.424 e. The van der Waals surface area contributed by atoms with Gasteiger partial charge < -0.3 is 20.3 Å². The summed E-state index contributed by atoms with van der Waals surface area (Å²) in [6.07, 6.45) is -1.68. The zero-order chi connectivity index (χ0) is 22.3. The third kappa shape index (κ3) is 10.1. The summed E-state index contributed by atoms with van der Waals surface area (Å²) in [5.41, 5.74) is 4.62. The summed E-state index contributed by atoms with van der Waals surface area (Å²) in [4.78, 5) is 34.7.